The summed E-state index contributed by atoms with van der Waals surface area (Å²) in [6, 6.07) is 68.2. The van der Waals surface area contributed by atoms with Crippen LogP contribution in [0.5, 0.6) is 0 Å². The van der Waals surface area contributed by atoms with Crippen molar-refractivity contribution in [2.75, 3.05) is 0 Å². The number of aryl methyl sites for hydroxylation is 2. The Morgan fingerprint density at radius 3 is 1.21 bits per heavy atom. The first-order valence-electron chi connectivity index (χ1n) is 21.8. The minimum absolute atomic E-state index is 0.266. The molecule has 0 unspecified atom stereocenters. The summed E-state index contributed by atoms with van der Waals surface area (Å²) in [7, 11) is 0. The van der Waals surface area contributed by atoms with Crippen LogP contribution in [-0.2, 0) is 16.2 Å². The van der Waals surface area contributed by atoms with E-state index < -0.39 is 0 Å². The Bertz CT molecular complexity index is 3130. The van der Waals surface area contributed by atoms with Gasteiger partial charge < -0.3 is 9.13 Å². The molecule has 10 rings (SSSR count). The third-order valence-electron chi connectivity index (χ3n) is 13.9. The van der Waals surface area contributed by atoms with Crippen molar-refractivity contribution in [3.8, 4) is 11.4 Å². The van der Waals surface area contributed by atoms with Gasteiger partial charge in [0, 0.05) is 43.5 Å². The van der Waals surface area contributed by atoms with Crippen molar-refractivity contribution in [3.63, 3.8) is 0 Å². The fraction of sp³-hybridized carbons (Fsp3) is 0.186. The second-order valence-corrected chi connectivity index (χ2v) is 18.8. The molecule has 0 fully saturated rings. The molecule has 0 bridgehead atoms. The fourth-order valence-corrected chi connectivity index (χ4v) is 10.1. The summed E-state index contributed by atoms with van der Waals surface area (Å²) in [5.74, 6) is 0. The van der Waals surface area contributed by atoms with Gasteiger partial charge in [-0.2, -0.15) is 0 Å². The molecule has 0 saturated carbocycles. The molecule has 0 amide bonds. The zero-order valence-electron chi connectivity index (χ0n) is 36.7. The standard InChI is InChI=1S/C59H54N2/c1-39-28-31-53-47(34-39)48-35-40(2)29-32-54(48)60(53)45-30-33-55-49(38-45)46-26-18-19-27-52(46)61(55)56-50(58(5,6)42-22-14-10-15-23-42)36-44(57(3,4)41-20-12-9-13-21-41)37-51(56)59(7,8)43-24-16-11-17-25-43/h9-38H,1-8H3. The van der Waals surface area contributed by atoms with Gasteiger partial charge >= 0.3 is 0 Å². The maximum atomic E-state index is 2.60. The molecule has 8 aromatic carbocycles. The third kappa shape index (κ3) is 6.14. The quantitative estimate of drug-likeness (QED) is 0.145. The van der Waals surface area contributed by atoms with Crippen LogP contribution in [0, 0.1) is 13.8 Å². The summed E-state index contributed by atoms with van der Waals surface area (Å²) in [5, 5.41) is 5.07. The lowest BCUT2D eigenvalue weighted by Gasteiger charge is -2.38. The SMILES string of the molecule is Cc1ccc2c(c1)c1cc(C)ccc1n2-c1ccc2c(c1)c1ccccc1n2-c1c(C(C)(C)c2ccccc2)cc(C(C)(C)c2ccccc2)cc1C(C)(C)c1ccccc1. The number of hydrogen-bond acceptors (Lipinski definition) is 0. The third-order valence-corrected chi connectivity index (χ3v) is 13.9. The molecule has 0 aliphatic rings. The van der Waals surface area contributed by atoms with Crippen LogP contribution >= 0.6 is 0 Å². The van der Waals surface area contributed by atoms with E-state index >= 15 is 0 Å². The van der Waals surface area contributed by atoms with Gasteiger partial charge in [0.25, 0.3) is 0 Å². The smallest absolute Gasteiger partial charge is 0.0544 e. The van der Waals surface area contributed by atoms with Crippen molar-refractivity contribution in [3.05, 3.63) is 226 Å². The largest absolute Gasteiger partial charge is 0.309 e. The maximum absolute atomic E-state index is 2.60. The first-order valence-corrected chi connectivity index (χ1v) is 21.8. The Hall–Kier alpha value is -6.64. The topological polar surface area (TPSA) is 9.86 Å². The lowest BCUT2D eigenvalue weighted by Crippen LogP contribution is -2.30. The Balaban J connectivity index is 1.33. The molecular formula is C59H54N2. The summed E-state index contributed by atoms with van der Waals surface area (Å²) in [5.41, 5.74) is 16.6. The van der Waals surface area contributed by atoms with Gasteiger partial charge in [0.15, 0.2) is 0 Å². The molecule has 0 atom stereocenters. The van der Waals surface area contributed by atoms with Gasteiger partial charge in [0.1, 0.15) is 0 Å². The monoisotopic (exact) mass is 790 g/mol. The number of aromatic nitrogens is 2. The van der Waals surface area contributed by atoms with Crippen LogP contribution in [0.1, 0.15) is 86.1 Å². The summed E-state index contributed by atoms with van der Waals surface area (Å²) in [4.78, 5) is 0. The van der Waals surface area contributed by atoms with Gasteiger partial charge in [-0.3, -0.25) is 0 Å². The van der Waals surface area contributed by atoms with Crippen LogP contribution < -0.4 is 0 Å². The number of rotatable bonds is 8. The average molecular weight is 791 g/mol. The molecule has 10 aromatic rings. The summed E-state index contributed by atoms with van der Waals surface area (Å²) < 4.78 is 5.07. The Labute approximate surface area is 360 Å². The normalized spacial score (nSPS) is 12.6. The van der Waals surface area contributed by atoms with Crippen LogP contribution in [0.25, 0.3) is 55.0 Å². The van der Waals surface area contributed by atoms with Crippen LogP contribution in [0.2, 0.25) is 0 Å². The van der Waals surface area contributed by atoms with Crippen molar-refractivity contribution in [2.45, 2.75) is 71.6 Å². The highest BCUT2D eigenvalue weighted by atomic mass is 15.0. The lowest BCUT2D eigenvalue weighted by atomic mass is 9.68. The highest BCUT2D eigenvalue weighted by molar-refractivity contribution is 6.12. The van der Waals surface area contributed by atoms with Crippen molar-refractivity contribution >= 4 is 43.6 Å². The number of fused-ring (bicyclic) bond motifs is 6. The van der Waals surface area contributed by atoms with Gasteiger partial charge in [-0.1, -0.05) is 186 Å². The predicted molar refractivity (Wildman–Crippen MR) is 260 cm³/mol. The molecule has 0 aliphatic heterocycles. The minimum Gasteiger partial charge on any atom is -0.309 e. The van der Waals surface area contributed by atoms with E-state index in [4.69, 9.17) is 0 Å². The minimum atomic E-state index is -0.363. The summed E-state index contributed by atoms with van der Waals surface area (Å²) in [6.07, 6.45) is 0. The van der Waals surface area contributed by atoms with Gasteiger partial charge in [-0.25, -0.2) is 0 Å². The molecule has 0 aliphatic carbocycles. The Morgan fingerprint density at radius 2 is 0.705 bits per heavy atom. The van der Waals surface area contributed by atoms with E-state index in [1.807, 2.05) is 0 Å². The second-order valence-electron chi connectivity index (χ2n) is 18.8. The summed E-state index contributed by atoms with van der Waals surface area (Å²) in [6.45, 7) is 18.8. The van der Waals surface area contributed by atoms with Crippen LogP contribution in [0.15, 0.2) is 182 Å². The second kappa shape index (κ2) is 14.2. The Morgan fingerprint density at radius 1 is 0.311 bits per heavy atom. The van der Waals surface area contributed by atoms with Gasteiger partial charge in [0.2, 0.25) is 0 Å². The lowest BCUT2D eigenvalue weighted by molar-refractivity contribution is 0.591. The van der Waals surface area contributed by atoms with Crippen molar-refractivity contribution < 1.29 is 0 Å². The van der Waals surface area contributed by atoms with E-state index in [0.29, 0.717) is 0 Å². The van der Waals surface area contributed by atoms with Crippen LogP contribution in [0.3, 0.4) is 0 Å². The zero-order valence-corrected chi connectivity index (χ0v) is 36.7. The number of hydrogen-bond donors (Lipinski definition) is 0. The molecule has 2 heteroatoms. The average Bonchev–Trinajstić information content (AvgIpc) is 3.78. The van der Waals surface area contributed by atoms with Crippen molar-refractivity contribution in [1.82, 2.24) is 9.13 Å². The molecule has 0 saturated heterocycles. The zero-order chi connectivity index (χ0) is 42.3. The number of para-hydroxylation sites is 1. The van der Waals surface area contributed by atoms with Crippen LogP contribution in [0.4, 0.5) is 0 Å². The molecular weight excluding hydrogens is 737 g/mol. The first kappa shape index (κ1) is 38.6. The van der Waals surface area contributed by atoms with Gasteiger partial charge in [0.05, 0.1) is 27.8 Å². The van der Waals surface area contributed by atoms with E-state index in [0.717, 1.165) is 5.69 Å². The van der Waals surface area contributed by atoms with Gasteiger partial charge in [-0.05, 0) is 95.8 Å². The first-order chi connectivity index (χ1) is 29.4. The number of nitrogens with zero attached hydrogens (tertiary/aromatic N) is 2. The maximum Gasteiger partial charge on any atom is 0.0544 e. The van der Waals surface area contributed by atoms with E-state index in [-0.39, 0.29) is 16.2 Å². The molecule has 300 valence electrons. The fourth-order valence-electron chi connectivity index (χ4n) is 10.1. The molecule has 0 spiro atoms. The molecule has 2 nitrogen and oxygen atoms in total. The van der Waals surface area contributed by atoms with E-state index in [2.05, 4.69) is 247 Å². The van der Waals surface area contributed by atoms with E-state index in [9.17, 15) is 0 Å². The van der Waals surface area contributed by atoms with Crippen molar-refractivity contribution in [1.29, 1.82) is 0 Å². The highest BCUT2D eigenvalue weighted by Gasteiger charge is 2.37. The predicted octanol–water partition coefficient (Wildman–Crippen LogP) is 15.5. The molecule has 0 N–H and O–H groups in total. The van der Waals surface area contributed by atoms with E-state index in [1.165, 1.54) is 93.8 Å². The Kier molecular flexibility index (Phi) is 9.00. The van der Waals surface area contributed by atoms with E-state index in [1.54, 1.807) is 0 Å². The molecule has 0 radical (unpaired) electrons. The summed E-state index contributed by atoms with van der Waals surface area (Å²) >= 11 is 0. The van der Waals surface area contributed by atoms with Crippen LogP contribution in [-0.4, -0.2) is 9.13 Å². The molecule has 2 aromatic heterocycles. The van der Waals surface area contributed by atoms with Gasteiger partial charge in [-0.15, -0.1) is 0 Å². The highest BCUT2D eigenvalue weighted by Crippen LogP contribution is 2.48. The van der Waals surface area contributed by atoms with Crippen molar-refractivity contribution in [2.24, 2.45) is 0 Å². The molecule has 61 heavy (non-hydrogen) atoms. The number of benzene rings is 8. The molecule has 2 heterocycles.